The van der Waals surface area contributed by atoms with E-state index in [1.165, 1.54) is 0 Å². The van der Waals surface area contributed by atoms with Crippen LogP contribution in [0.4, 0.5) is 5.82 Å². The van der Waals surface area contributed by atoms with Crippen LogP contribution in [-0.2, 0) is 0 Å². The van der Waals surface area contributed by atoms with E-state index in [-0.39, 0.29) is 5.91 Å². The zero-order chi connectivity index (χ0) is 15.2. The van der Waals surface area contributed by atoms with Crippen molar-refractivity contribution in [2.24, 2.45) is 5.73 Å². The highest BCUT2D eigenvalue weighted by molar-refractivity contribution is 6.04. The van der Waals surface area contributed by atoms with E-state index >= 15 is 0 Å². The fourth-order valence-corrected chi connectivity index (χ4v) is 1.94. The molecule has 4 nitrogen and oxygen atoms in total. The van der Waals surface area contributed by atoms with Gasteiger partial charge in [0.25, 0.3) is 5.91 Å². The molecular formula is C17H17N3O. The SMILES string of the molecule is Cc1cc(C#CCN)cc(C(=O)Nc2cccc(C)n2)c1. The van der Waals surface area contributed by atoms with Crippen molar-refractivity contribution in [1.29, 1.82) is 0 Å². The number of rotatable bonds is 2. The van der Waals surface area contributed by atoms with E-state index in [4.69, 9.17) is 5.73 Å². The Balaban J connectivity index is 2.24. The molecule has 1 aromatic carbocycles. The van der Waals surface area contributed by atoms with Crippen molar-refractivity contribution in [2.45, 2.75) is 13.8 Å². The lowest BCUT2D eigenvalue weighted by Gasteiger charge is -2.06. The molecule has 0 bridgehead atoms. The summed E-state index contributed by atoms with van der Waals surface area (Å²) in [6.07, 6.45) is 0. The number of hydrogen-bond donors (Lipinski definition) is 2. The Kier molecular flexibility index (Phi) is 4.70. The monoisotopic (exact) mass is 279 g/mol. The predicted molar refractivity (Wildman–Crippen MR) is 84.0 cm³/mol. The van der Waals surface area contributed by atoms with Crippen LogP contribution >= 0.6 is 0 Å². The first kappa shape index (κ1) is 14.8. The summed E-state index contributed by atoms with van der Waals surface area (Å²) in [7, 11) is 0. The second kappa shape index (κ2) is 6.69. The Morgan fingerprint density at radius 1 is 1.29 bits per heavy atom. The lowest BCUT2D eigenvalue weighted by Crippen LogP contribution is -2.13. The second-order valence-corrected chi connectivity index (χ2v) is 4.71. The average Bonchev–Trinajstić information content (AvgIpc) is 2.44. The lowest BCUT2D eigenvalue weighted by molar-refractivity contribution is 0.102. The van der Waals surface area contributed by atoms with E-state index < -0.39 is 0 Å². The van der Waals surface area contributed by atoms with Crippen LogP contribution in [-0.4, -0.2) is 17.4 Å². The molecule has 0 saturated carbocycles. The number of carbonyl (C=O) groups is 1. The lowest BCUT2D eigenvalue weighted by atomic mass is 10.1. The van der Waals surface area contributed by atoms with Crippen molar-refractivity contribution in [3.63, 3.8) is 0 Å². The predicted octanol–water partition coefficient (Wildman–Crippen LogP) is 2.26. The minimum atomic E-state index is -0.201. The molecule has 1 heterocycles. The number of hydrogen-bond acceptors (Lipinski definition) is 3. The number of nitrogens with two attached hydrogens (primary N) is 1. The van der Waals surface area contributed by atoms with Gasteiger partial charge in [-0.15, -0.1) is 0 Å². The van der Waals surface area contributed by atoms with Gasteiger partial charge in [-0.25, -0.2) is 4.98 Å². The summed E-state index contributed by atoms with van der Waals surface area (Å²) in [5.74, 6) is 6.07. The standard InChI is InChI=1S/C17H17N3O/c1-12-9-14(6-4-8-18)11-15(10-12)17(21)20-16-7-3-5-13(2)19-16/h3,5,7,9-11H,8,18H2,1-2H3,(H,19,20,21). The Morgan fingerprint density at radius 2 is 2.10 bits per heavy atom. The number of anilines is 1. The van der Waals surface area contributed by atoms with Crippen LogP contribution < -0.4 is 11.1 Å². The molecule has 2 rings (SSSR count). The van der Waals surface area contributed by atoms with Gasteiger partial charge in [-0.2, -0.15) is 0 Å². The van der Waals surface area contributed by atoms with Crippen molar-refractivity contribution in [3.8, 4) is 11.8 Å². The van der Waals surface area contributed by atoms with Crippen molar-refractivity contribution < 1.29 is 4.79 Å². The molecule has 0 radical (unpaired) electrons. The largest absolute Gasteiger partial charge is 0.320 e. The van der Waals surface area contributed by atoms with Crippen molar-refractivity contribution in [1.82, 2.24) is 4.98 Å². The van der Waals surface area contributed by atoms with Crippen LogP contribution in [0.25, 0.3) is 0 Å². The number of nitrogens with zero attached hydrogens (tertiary/aromatic N) is 1. The number of aromatic nitrogens is 1. The normalized spacial score (nSPS) is 9.67. The number of amides is 1. The van der Waals surface area contributed by atoms with Gasteiger partial charge in [0.05, 0.1) is 6.54 Å². The summed E-state index contributed by atoms with van der Waals surface area (Å²) in [6, 6.07) is 11.0. The molecular weight excluding hydrogens is 262 g/mol. The summed E-state index contributed by atoms with van der Waals surface area (Å²) in [4.78, 5) is 16.5. The number of aryl methyl sites for hydroxylation is 2. The molecule has 0 aliphatic heterocycles. The second-order valence-electron chi connectivity index (χ2n) is 4.71. The maximum atomic E-state index is 12.3. The van der Waals surface area contributed by atoms with Gasteiger partial charge in [0.15, 0.2) is 0 Å². The highest BCUT2D eigenvalue weighted by Gasteiger charge is 2.08. The minimum Gasteiger partial charge on any atom is -0.320 e. The molecule has 0 spiro atoms. The Hall–Kier alpha value is -2.64. The molecule has 0 unspecified atom stereocenters. The number of carbonyl (C=O) groups excluding carboxylic acids is 1. The van der Waals surface area contributed by atoms with Crippen LogP contribution in [0.3, 0.4) is 0 Å². The molecule has 3 N–H and O–H groups in total. The van der Waals surface area contributed by atoms with E-state index in [1.54, 1.807) is 12.1 Å². The summed E-state index contributed by atoms with van der Waals surface area (Å²) in [6.45, 7) is 4.10. The van der Waals surface area contributed by atoms with Gasteiger partial charge >= 0.3 is 0 Å². The fraction of sp³-hybridized carbons (Fsp3) is 0.176. The van der Waals surface area contributed by atoms with Crippen LogP contribution in [0.2, 0.25) is 0 Å². The third-order valence-electron chi connectivity index (χ3n) is 2.80. The molecule has 0 aliphatic rings. The number of pyridine rings is 1. The molecule has 2 aromatic rings. The molecule has 21 heavy (non-hydrogen) atoms. The zero-order valence-electron chi connectivity index (χ0n) is 12.1. The molecule has 0 aliphatic carbocycles. The Morgan fingerprint density at radius 3 is 2.81 bits per heavy atom. The third-order valence-corrected chi connectivity index (χ3v) is 2.80. The topological polar surface area (TPSA) is 68.0 Å². The minimum absolute atomic E-state index is 0.201. The van der Waals surface area contributed by atoms with Crippen LogP contribution in [0.15, 0.2) is 36.4 Å². The third kappa shape index (κ3) is 4.16. The smallest absolute Gasteiger partial charge is 0.256 e. The van der Waals surface area contributed by atoms with Gasteiger partial charge in [0.1, 0.15) is 5.82 Å². The molecule has 4 heteroatoms. The first-order chi connectivity index (χ1) is 10.1. The molecule has 0 atom stereocenters. The van der Waals surface area contributed by atoms with E-state index in [1.807, 2.05) is 38.1 Å². The maximum absolute atomic E-state index is 12.3. The Labute approximate surface area is 124 Å². The van der Waals surface area contributed by atoms with E-state index in [0.29, 0.717) is 17.9 Å². The highest BCUT2D eigenvalue weighted by atomic mass is 16.1. The van der Waals surface area contributed by atoms with Gasteiger partial charge in [-0.1, -0.05) is 17.9 Å². The first-order valence-electron chi connectivity index (χ1n) is 6.64. The maximum Gasteiger partial charge on any atom is 0.256 e. The van der Waals surface area contributed by atoms with Gasteiger partial charge in [-0.05, 0) is 49.7 Å². The van der Waals surface area contributed by atoms with Gasteiger partial charge in [-0.3, -0.25) is 4.79 Å². The fourth-order valence-electron chi connectivity index (χ4n) is 1.94. The van der Waals surface area contributed by atoms with Crippen LogP contribution in [0, 0.1) is 25.7 Å². The number of nitrogens with one attached hydrogen (secondary N) is 1. The van der Waals surface area contributed by atoms with E-state index in [2.05, 4.69) is 22.1 Å². The van der Waals surface area contributed by atoms with Crippen molar-refractivity contribution in [3.05, 3.63) is 58.8 Å². The summed E-state index contributed by atoms with van der Waals surface area (Å²) in [5.41, 5.74) is 8.53. The van der Waals surface area contributed by atoms with Crippen molar-refractivity contribution >= 4 is 11.7 Å². The number of benzene rings is 1. The zero-order valence-corrected chi connectivity index (χ0v) is 12.1. The summed E-state index contributed by atoms with van der Waals surface area (Å²) >= 11 is 0. The van der Waals surface area contributed by atoms with Gasteiger partial charge in [0.2, 0.25) is 0 Å². The van der Waals surface area contributed by atoms with E-state index in [9.17, 15) is 4.79 Å². The summed E-state index contributed by atoms with van der Waals surface area (Å²) < 4.78 is 0. The van der Waals surface area contributed by atoms with E-state index in [0.717, 1.165) is 16.8 Å². The quantitative estimate of drug-likeness (QED) is 0.829. The van der Waals surface area contributed by atoms with Crippen LogP contribution in [0.1, 0.15) is 27.2 Å². The van der Waals surface area contributed by atoms with Crippen LogP contribution in [0.5, 0.6) is 0 Å². The molecule has 1 amide bonds. The van der Waals surface area contributed by atoms with Crippen molar-refractivity contribution in [2.75, 3.05) is 11.9 Å². The first-order valence-corrected chi connectivity index (χ1v) is 6.64. The van der Waals surface area contributed by atoms with Gasteiger partial charge in [0, 0.05) is 16.8 Å². The highest BCUT2D eigenvalue weighted by Crippen LogP contribution is 2.12. The molecule has 0 fully saturated rings. The van der Waals surface area contributed by atoms with Gasteiger partial charge < -0.3 is 11.1 Å². The molecule has 106 valence electrons. The average molecular weight is 279 g/mol. The molecule has 1 aromatic heterocycles. The molecule has 0 saturated heterocycles. The summed E-state index contributed by atoms with van der Waals surface area (Å²) in [5, 5.41) is 2.79. The Bertz CT molecular complexity index is 726.